The Morgan fingerprint density at radius 1 is 1.17 bits per heavy atom. The third-order valence-electron chi connectivity index (χ3n) is 4.27. The van der Waals surface area contributed by atoms with Crippen LogP contribution in [0.3, 0.4) is 0 Å². The smallest absolute Gasteiger partial charge is 0.340 e. The zero-order valence-electron chi connectivity index (χ0n) is 16.8. The van der Waals surface area contributed by atoms with E-state index in [1.807, 2.05) is 32.0 Å². The van der Waals surface area contributed by atoms with Crippen LogP contribution in [0, 0.1) is 24.0 Å². The average molecular weight is 414 g/mol. The maximum atomic E-state index is 12.2. The van der Waals surface area contributed by atoms with Crippen molar-refractivity contribution in [2.75, 3.05) is 31.2 Å². The van der Waals surface area contributed by atoms with Crippen LogP contribution in [-0.2, 0) is 14.3 Å². The number of amides is 2. The molecule has 2 aromatic rings. The first-order chi connectivity index (χ1) is 14.1. The summed E-state index contributed by atoms with van der Waals surface area (Å²) < 4.78 is 4.92. The molecule has 30 heavy (non-hydrogen) atoms. The molecule has 10 nitrogen and oxygen atoms in total. The van der Waals surface area contributed by atoms with Gasteiger partial charge in [-0.05, 0) is 37.1 Å². The zero-order valence-corrected chi connectivity index (χ0v) is 16.8. The van der Waals surface area contributed by atoms with Crippen LogP contribution in [-0.4, -0.2) is 47.8 Å². The predicted octanol–water partition coefficient (Wildman–Crippen LogP) is 2.05. The van der Waals surface area contributed by atoms with Gasteiger partial charge in [0.25, 0.3) is 11.6 Å². The van der Waals surface area contributed by atoms with E-state index >= 15 is 0 Å². The quantitative estimate of drug-likeness (QED) is 0.305. The van der Waals surface area contributed by atoms with Gasteiger partial charge < -0.3 is 20.7 Å². The van der Waals surface area contributed by atoms with Crippen molar-refractivity contribution in [2.24, 2.45) is 0 Å². The number of nitrogens with zero attached hydrogens (tertiary/aromatic N) is 2. The van der Waals surface area contributed by atoms with E-state index in [2.05, 4.69) is 5.32 Å². The lowest BCUT2D eigenvalue weighted by atomic mass is 10.1. The van der Waals surface area contributed by atoms with Gasteiger partial charge in [-0.2, -0.15) is 0 Å². The third kappa shape index (κ3) is 5.77. The maximum Gasteiger partial charge on any atom is 0.340 e. The molecule has 2 aromatic carbocycles. The van der Waals surface area contributed by atoms with Crippen molar-refractivity contribution in [1.29, 1.82) is 0 Å². The molecule has 0 heterocycles. The molecule has 2 rings (SSSR count). The second kappa shape index (κ2) is 9.50. The van der Waals surface area contributed by atoms with Crippen LogP contribution in [0.15, 0.2) is 36.4 Å². The molecule has 3 N–H and O–H groups in total. The first-order valence-corrected chi connectivity index (χ1v) is 8.90. The van der Waals surface area contributed by atoms with Gasteiger partial charge in [-0.25, -0.2) is 4.79 Å². The van der Waals surface area contributed by atoms with E-state index in [4.69, 9.17) is 10.5 Å². The molecule has 0 atom stereocenters. The largest absolute Gasteiger partial charge is 0.452 e. The number of ether oxygens (including phenoxy) is 1. The molecule has 0 aliphatic heterocycles. The number of likely N-dealkylation sites (N-methyl/N-ethyl adjacent to an activating group) is 1. The van der Waals surface area contributed by atoms with Crippen molar-refractivity contribution in [3.05, 3.63) is 63.2 Å². The monoisotopic (exact) mass is 414 g/mol. The molecule has 0 radical (unpaired) electrons. The van der Waals surface area contributed by atoms with E-state index < -0.39 is 29.3 Å². The van der Waals surface area contributed by atoms with Crippen LogP contribution in [0.4, 0.5) is 17.1 Å². The Kier molecular flexibility index (Phi) is 7.08. The normalized spacial score (nSPS) is 10.2. The fraction of sp³-hybridized carbons (Fsp3) is 0.250. The highest BCUT2D eigenvalue weighted by Gasteiger charge is 2.19. The molecular formula is C20H22N4O6. The number of hydrogen-bond acceptors (Lipinski definition) is 7. The van der Waals surface area contributed by atoms with Gasteiger partial charge in [0.1, 0.15) is 0 Å². The number of nitro benzene ring substituents is 1. The van der Waals surface area contributed by atoms with Gasteiger partial charge in [-0.3, -0.25) is 19.7 Å². The summed E-state index contributed by atoms with van der Waals surface area (Å²) in [4.78, 5) is 47.6. The van der Waals surface area contributed by atoms with E-state index in [-0.39, 0.29) is 23.5 Å². The number of anilines is 2. The number of carbonyl (C=O) groups excluding carboxylic acids is 3. The predicted molar refractivity (Wildman–Crippen MR) is 110 cm³/mol. The lowest BCUT2D eigenvalue weighted by Gasteiger charge is -2.17. The van der Waals surface area contributed by atoms with Crippen LogP contribution in [0.25, 0.3) is 0 Å². The molecule has 0 spiro atoms. The van der Waals surface area contributed by atoms with Gasteiger partial charge >= 0.3 is 5.97 Å². The first kappa shape index (κ1) is 22.3. The van der Waals surface area contributed by atoms with Crippen molar-refractivity contribution < 1.29 is 24.0 Å². The standard InChI is InChI=1S/C20H22N4O6/c1-12-4-5-13(2)17(8-12)22-18(25)10-23(3)19(26)11-30-20(27)15-7-6-14(24(28)29)9-16(15)21/h4-9H,10-11,21H2,1-3H3,(H,22,25). The number of nitrogens with one attached hydrogen (secondary N) is 1. The zero-order chi connectivity index (χ0) is 22.4. The van der Waals surface area contributed by atoms with Crippen molar-refractivity contribution in [3.8, 4) is 0 Å². The number of carbonyl (C=O) groups is 3. The summed E-state index contributed by atoms with van der Waals surface area (Å²) in [5, 5.41) is 13.5. The van der Waals surface area contributed by atoms with Crippen molar-refractivity contribution in [2.45, 2.75) is 13.8 Å². The number of hydrogen-bond donors (Lipinski definition) is 2. The summed E-state index contributed by atoms with van der Waals surface area (Å²) in [6.07, 6.45) is 0. The van der Waals surface area contributed by atoms with Crippen LogP contribution in [0.5, 0.6) is 0 Å². The molecule has 2 amide bonds. The number of non-ortho nitro benzene ring substituents is 1. The summed E-state index contributed by atoms with van der Waals surface area (Å²) in [5.41, 5.74) is 7.66. The van der Waals surface area contributed by atoms with Gasteiger partial charge in [0.15, 0.2) is 6.61 Å². The van der Waals surface area contributed by atoms with Gasteiger partial charge in [0, 0.05) is 24.9 Å². The number of rotatable bonds is 7. The second-order valence-corrected chi connectivity index (χ2v) is 6.72. The number of nitro groups is 1. The number of aryl methyl sites for hydroxylation is 2. The van der Waals surface area contributed by atoms with E-state index in [0.29, 0.717) is 5.69 Å². The van der Waals surface area contributed by atoms with Gasteiger partial charge in [0.2, 0.25) is 5.91 Å². The highest BCUT2D eigenvalue weighted by Crippen LogP contribution is 2.20. The molecule has 0 saturated carbocycles. The number of benzene rings is 2. The Labute approximate surface area is 172 Å². The minimum Gasteiger partial charge on any atom is -0.452 e. The van der Waals surface area contributed by atoms with Crippen LogP contribution >= 0.6 is 0 Å². The summed E-state index contributed by atoms with van der Waals surface area (Å²) in [6.45, 7) is 2.91. The average Bonchev–Trinajstić information content (AvgIpc) is 2.68. The first-order valence-electron chi connectivity index (χ1n) is 8.90. The summed E-state index contributed by atoms with van der Waals surface area (Å²) in [6, 6.07) is 8.92. The van der Waals surface area contributed by atoms with Crippen molar-refractivity contribution in [1.82, 2.24) is 4.90 Å². The number of nitrogen functional groups attached to an aromatic ring is 1. The Hall–Kier alpha value is -3.95. The molecule has 0 unspecified atom stereocenters. The molecular weight excluding hydrogens is 392 g/mol. The third-order valence-corrected chi connectivity index (χ3v) is 4.27. The molecule has 0 aliphatic carbocycles. The molecule has 0 saturated heterocycles. The van der Waals surface area contributed by atoms with E-state index in [0.717, 1.165) is 34.2 Å². The molecule has 0 aliphatic rings. The Morgan fingerprint density at radius 3 is 2.50 bits per heavy atom. The lowest BCUT2D eigenvalue weighted by Crippen LogP contribution is -2.37. The molecule has 10 heteroatoms. The number of esters is 1. The Bertz CT molecular complexity index is 1000. The highest BCUT2D eigenvalue weighted by atomic mass is 16.6. The lowest BCUT2D eigenvalue weighted by molar-refractivity contribution is -0.384. The fourth-order valence-corrected chi connectivity index (χ4v) is 2.53. The van der Waals surface area contributed by atoms with Crippen LogP contribution < -0.4 is 11.1 Å². The molecule has 0 fully saturated rings. The van der Waals surface area contributed by atoms with Gasteiger partial charge in [-0.15, -0.1) is 0 Å². The Balaban J connectivity index is 1.89. The van der Waals surface area contributed by atoms with E-state index in [1.165, 1.54) is 7.05 Å². The second-order valence-electron chi connectivity index (χ2n) is 6.72. The summed E-state index contributed by atoms with van der Waals surface area (Å²) in [7, 11) is 1.40. The summed E-state index contributed by atoms with van der Waals surface area (Å²) in [5.74, 6) is -1.89. The fourth-order valence-electron chi connectivity index (χ4n) is 2.53. The molecule has 158 valence electrons. The summed E-state index contributed by atoms with van der Waals surface area (Å²) >= 11 is 0. The molecule has 0 aromatic heterocycles. The Morgan fingerprint density at radius 2 is 1.87 bits per heavy atom. The minimum absolute atomic E-state index is 0.0938. The van der Waals surface area contributed by atoms with Gasteiger partial charge in [-0.1, -0.05) is 12.1 Å². The van der Waals surface area contributed by atoms with Crippen LogP contribution in [0.1, 0.15) is 21.5 Å². The van der Waals surface area contributed by atoms with E-state index in [1.54, 1.807) is 0 Å². The topological polar surface area (TPSA) is 145 Å². The minimum atomic E-state index is -0.899. The van der Waals surface area contributed by atoms with Crippen molar-refractivity contribution >= 4 is 34.8 Å². The maximum absolute atomic E-state index is 12.2. The highest BCUT2D eigenvalue weighted by molar-refractivity contribution is 5.98. The van der Waals surface area contributed by atoms with Crippen molar-refractivity contribution in [3.63, 3.8) is 0 Å². The number of nitrogens with two attached hydrogens (primary N) is 1. The van der Waals surface area contributed by atoms with E-state index in [9.17, 15) is 24.5 Å². The molecule has 0 bridgehead atoms. The van der Waals surface area contributed by atoms with Gasteiger partial charge in [0.05, 0.1) is 22.7 Å². The van der Waals surface area contributed by atoms with Crippen LogP contribution in [0.2, 0.25) is 0 Å². The SMILES string of the molecule is Cc1ccc(C)c(NC(=O)CN(C)C(=O)COC(=O)c2ccc([N+](=O)[O-])cc2N)c1.